The summed E-state index contributed by atoms with van der Waals surface area (Å²) < 4.78 is 0. The molecule has 10 nitrogen and oxygen atoms in total. The molecule has 0 fully saturated rings. The van der Waals surface area contributed by atoms with Crippen molar-refractivity contribution in [3.8, 4) is 45.0 Å². The van der Waals surface area contributed by atoms with Gasteiger partial charge in [-0.15, -0.1) is 20.4 Å². The van der Waals surface area contributed by atoms with E-state index < -0.39 is 11.9 Å². The molecule has 0 aliphatic rings. The maximum atomic E-state index is 11.3. The fourth-order valence-electron chi connectivity index (χ4n) is 5.88. The zero-order valence-corrected chi connectivity index (χ0v) is 29.3. The van der Waals surface area contributed by atoms with Crippen LogP contribution in [0.5, 0.6) is 0 Å². The standard InChI is InChI=1S/C44H32N6O4/c1-27-23-29(3-21-39(27)43(51)52)25-45-37-17-13-33(14-18-37)31-5-9-35(10-6-31)41-47-49-42(50-48-41)36-11-7-32(8-12-36)34-15-19-38(20-16-34)46-26-30-4-22-40(44(53)54)28(2)24-30/h3-26H,1-2H3,(H,51,52)(H,53,54). The van der Waals surface area contributed by atoms with Crippen molar-refractivity contribution in [2.24, 2.45) is 9.98 Å². The number of carboxylic acid groups (broad SMARTS) is 2. The largest absolute Gasteiger partial charge is 0.478 e. The van der Waals surface area contributed by atoms with Gasteiger partial charge in [0.05, 0.1) is 22.5 Å². The molecule has 0 atom stereocenters. The van der Waals surface area contributed by atoms with Crippen LogP contribution in [0, 0.1) is 13.8 Å². The second-order valence-electron chi connectivity index (χ2n) is 12.6. The molecule has 0 bridgehead atoms. The Hall–Kier alpha value is -7.46. The van der Waals surface area contributed by atoms with Gasteiger partial charge in [-0.25, -0.2) is 9.59 Å². The molecule has 1 heterocycles. The van der Waals surface area contributed by atoms with Gasteiger partial charge in [-0.05, 0) is 107 Å². The lowest BCUT2D eigenvalue weighted by Crippen LogP contribution is -2.00. The minimum Gasteiger partial charge on any atom is -0.478 e. The summed E-state index contributed by atoms with van der Waals surface area (Å²) in [5.74, 6) is -1.04. The van der Waals surface area contributed by atoms with Gasteiger partial charge in [-0.3, -0.25) is 9.98 Å². The molecule has 0 aliphatic heterocycles. The van der Waals surface area contributed by atoms with E-state index in [-0.39, 0.29) is 11.1 Å². The van der Waals surface area contributed by atoms with Gasteiger partial charge in [0.15, 0.2) is 0 Å². The Kier molecular flexibility index (Phi) is 9.99. The van der Waals surface area contributed by atoms with Crippen molar-refractivity contribution in [1.29, 1.82) is 0 Å². The first-order valence-corrected chi connectivity index (χ1v) is 17.0. The zero-order chi connectivity index (χ0) is 37.6. The van der Waals surface area contributed by atoms with Crippen LogP contribution in [-0.2, 0) is 0 Å². The number of aromatic carboxylic acids is 2. The van der Waals surface area contributed by atoms with Gasteiger partial charge < -0.3 is 10.2 Å². The van der Waals surface area contributed by atoms with Crippen LogP contribution in [0.4, 0.5) is 11.4 Å². The molecular weight excluding hydrogens is 677 g/mol. The quantitative estimate of drug-likeness (QED) is 0.133. The molecular formula is C44H32N6O4. The summed E-state index contributed by atoms with van der Waals surface area (Å²) >= 11 is 0. The van der Waals surface area contributed by atoms with Gasteiger partial charge in [0.1, 0.15) is 0 Å². The molecule has 0 aliphatic carbocycles. The van der Waals surface area contributed by atoms with E-state index in [0.29, 0.717) is 22.8 Å². The lowest BCUT2D eigenvalue weighted by molar-refractivity contribution is 0.0685. The minimum atomic E-state index is -0.942. The molecule has 1 aromatic heterocycles. The molecule has 54 heavy (non-hydrogen) atoms. The average molecular weight is 709 g/mol. The average Bonchev–Trinajstić information content (AvgIpc) is 3.20. The molecule has 10 heteroatoms. The third-order valence-corrected chi connectivity index (χ3v) is 8.85. The predicted octanol–water partition coefficient (Wildman–Crippen LogP) is 9.45. The van der Waals surface area contributed by atoms with Crippen LogP contribution in [-0.4, -0.2) is 55.0 Å². The van der Waals surface area contributed by atoms with Crippen LogP contribution < -0.4 is 0 Å². The third kappa shape index (κ3) is 8.03. The van der Waals surface area contributed by atoms with Gasteiger partial charge >= 0.3 is 11.9 Å². The minimum absolute atomic E-state index is 0.283. The number of benzene rings is 6. The smallest absolute Gasteiger partial charge is 0.335 e. The second-order valence-corrected chi connectivity index (χ2v) is 12.6. The number of carboxylic acids is 2. The highest BCUT2D eigenvalue weighted by molar-refractivity contribution is 5.92. The molecule has 0 unspecified atom stereocenters. The number of aliphatic imine (C=N–C) groups is 2. The van der Waals surface area contributed by atoms with E-state index in [1.165, 1.54) is 0 Å². The van der Waals surface area contributed by atoms with E-state index in [0.717, 1.165) is 55.9 Å². The maximum Gasteiger partial charge on any atom is 0.335 e. The molecule has 262 valence electrons. The first kappa shape index (κ1) is 35.0. The normalized spacial score (nSPS) is 11.3. The van der Waals surface area contributed by atoms with Gasteiger partial charge in [-0.2, -0.15) is 0 Å². The van der Waals surface area contributed by atoms with E-state index in [1.807, 2.05) is 97.1 Å². The lowest BCUT2D eigenvalue weighted by Gasteiger charge is -2.06. The fourth-order valence-corrected chi connectivity index (χ4v) is 5.88. The Labute approximate surface area is 310 Å². The van der Waals surface area contributed by atoms with Crippen LogP contribution >= 0.6 is 0 Å². The number of aryl methyl sites for hydroxylation is 2. The van der Waals surface area contributed by atoms with Gasteiger partial charge in [0, 0.05) is 23.6 Å². The summed E-state index contributed by atoms with van der Waals surface area (Å²) in [6.07, 6.45) is 3.44. The summed E-state index contributed by atoms with van der Waals surface area (Å²) in [5, 5.41) is 35.8. The highest BCUT2D eigenvalue weighted by Crippen LogP contribution is 2.27. The van der Waals surface area contributed by atoms with E-state index in [4.69, 9.17) is 0 Å². The summed E-state index contributed by atoms with van der Waals surface area (Å²) in [5.41, 5.74) is 10.9. The first-order valence-electron chi connectivity index (χ1n) is 17.0. The number of rotatable bonds is 10. The van der Waals surface area contributed by atoms with E-state index in [1.54, 1.807) is 62.7 Å². The third-order valence-electron chi connectivity index (χ3n) is 8.85. The Morgan fingerprint density at radius 1 is 0.444 bits per heavy atom. The monoisotopic (exact) mass is 708 g/mol. The van der Waals surface area contributed by atoms with Crippen LogP contribution in [0.3, 0.4) is 0 Å². The van der Waals surface area contributed by atoms with Crippen molar-refractivity contribution >= 4 is 35.7 Å². The zero-order valence-electron chi connectivity index (χ0n) is 29.3. The molecule has 0 saturated carbocycles. The molecule has 0 spiro atoms. The summed E-state index contributed by atoms with van der Waals surface area (Å²) in [7, 11) is 0. The highest BCUT2D eigenvalue weighted by atomic mass is 16.4. The Balaban J connectivity index is 0.958. The molecule has 7 rings (SSSR count). The second kappa shape index (κ2) is 15.4. The molecule has 0 amide bonds. The topological polar surface area (TPSA) is 151 Å². The van der Waals surface area contributed by atoms with Crippen LogP contribution in [0.1, 0.15) is 43.0 Å². The van der Waals surface area contributed by atoms with Crippen molar-refractivity contribution in [2.75, 3.05) is 0 Å². The van der Waals surface area contributed by atoms with E-state index in [2.05, 4.69) is 30.4 Å². The van der Waals surface area contributed by atoms with E-state index in [9.17, 15) is 19.8 Å². The van der Waals surface area contributed by atoms with Crippen molar-refractivity contribution in [3.63, 3.8) is 0 Å². The Morgan fingerprint density at radius 2 is 0.741 bits per heavy atom. The molecule has 0 radical (unpaired) electrons. The maximum absolute atomic E-state index is 11.3. The van der Waals surface area contributed by atoms with Crippen molar-refractivity contribution in [1.82, 2.24) is 20.4 Å². The summed E-state index contributed by atoms with van der Waals surface area (Å²) in [4.78, 5) is 31.6. The lowest BCUT2D eigenvalue weighted by atomic mass is 10.0. The number of hydrogen-bond donors (Lipinski definition) is 2. The summed E-state index contributed by atoms with van der Waals surface area (Å²) in [6.45, 7) is 3.54. The van der Waals surface area contributed by atoms with Crippen molar-refractivity contribution in [3.05, 3.63) is 167 Å². The SMILES string of the molecule is Cc1cc(C=Nc2ccc(-c3ccc(-c4nnc(-c5ccc(-c6ccc(N=Cc7ccc(C(=O)O)c(C)c7)cc6)cc5)nn4)cc3)cc2)ccc1C(=O)O. The van der Waals surface area contributed by atoms with Crippen LogP contribution in [0.15, 0.2) is 143 Å². The number of carbonyl (C=O) groups is 2. The molecule has 7 aromatic rings. The fraction of sp³-hybridized carbons (Fsp3) is 0.0455. The first-order chi connectivity index (χ1) is 26.2. The molecule has 6 aromatic carbocycles. The number of nitrogens with zero attached hydrogens (tertiary/aromatic N) is 6. The van der Waals surface area contributed by atoms with Gasteiger partial charge in [0.2, 0.25) is 11.6 Å². The number of hydrogen-bond acceptors (Lipinski definition) is 8. The van der Waals surface area contributed by atoms with E-state index >= 15 is 0 Å². The number of aromatic nitrogens is 4. The van der Waals surface area contributed by atoms with Crippen molar-refractivity contribution in [2.45, 2.75) is 13.8 Å². The molecule has 0 saturated heterocycles. The van der Waals surface area contributed by atoms with Crippen molar-refractivity contribution < 1.29 is 19.8 Å². The highest BCUT2D eigenvalue weighted by Gasteiger charge is 2.10. The van der Waals surface area contributed by atoms with Crippen LogP contribution in [0.2, 0.25) is 0 Å². The predicted molar refractivity (Wildman–Crippen MR) is 210 cm³/mol. The summed E-state index contributed by atoms with van der Waals surface area (Å²) in [6, 6.07) is 41.8. The Morgan fingerprint density at radius 3 is 1.04 bits per heavy atom. The van der Waals surface area contributed by atoms with Gasteiger partial charge in [0.25, 0.3) is 0 Å². The Bertz CT molecular complexity index is 2350. The van der Waals surface area contributed by atoms with Crippen LogP contribution in [0.25, 0.3) is 45.0 Å². The molecule has 2 N–H and O–H groups in total. The van der Waals surface area contributed by atoms with Gasteiger partial charge in [-0.1, -0.05) is 84.9 Å².